The number of carbonyl (C=O) groups excluding carboxylic acids is 1. The fourth-order valence-corrected chi connectivity index (χ4v) is 2.54. The molecule has 0 aromatic carbocycles. The van der Waals surface area contributed by atoms with Crippen molar-refractivity contribution in [3.05, 3.63) is 11.1 Å². The van der Waals surface area contributed by atoms with Gasteiger partial charge in [-0.25, -0.2) is 0 Å². The van der Waals surface area contributed by atoms with Gasteiger partial charge in [0.2, 0.25) is 0 Å². The van der Waals surface area contributed by atoms with Gasteiger partial charge in [0.05, 0.1) is 17.2 Å². The van der Waals surface area contributed by atoms with Crippen LogP contribution in [0.15, 0.2) is 6.20 Å². The van der Waals surface area contributed by atoms with Crippen LogP contribution in [0, 0.1) is 0 Å². The largest absolute Gasteiger partial charge is 0.392 e. The van der Waals surface area contributed by atoms with Crippen molar-refractivity contribution in [2.24, 2.45) is 5.73 Å². The van der Waals surface area contributed by atoms with Crippen LogP contribution < -0.4 is 5.73 Å². The van der Waals surface area contributed by atoms with Crippen LogP contribution in [0.25, 0.3) is 0 Å². The highest BCUT2D eigenvalue weighted by Crippen LogP contribution is 2.12. The number of carbonyl (C=O) groups is 1. The number of thiocarbonyl (C=S) groups is 1. The number of nitrogens with two attached hydrogens (primary N) is 1. The molecule has 6 nitrogen and oxygen atoms in total. The van der Waals surface area contributed by atoms with Crippen molar-refractivity contribution in [2.45, 2.75) is 13.0 Å². The normalized spacial score (nSPS) is 18.6. The van der Waals surface area contributed by atoms with E-state index in [2.05, 4.69) is 14.5 Å². The van der Waals surface area contributed by atoms with Gasteiger partial charge in [0.25, 0.3) is 5.91 Å². The number of piperazine rings is 1. The molecule has 1 amide bonds. The molecule has 1 fully saturated rings. The lowest BCUT2D eigenvalue weighted by molar-refractivity contribution is 0.0626. The predicted octanol–water partition coefficient (Wildman–Crippen LogP) is -0.0295. The maximum atomic E-state index is 12.1. The lowest BCUT2D eigenvalue weighted by atomic mass is 10.2. The Morgan fingerprint density at radius 1 is 1.50 bits per heavy atom. The summed E-state index contributed by atoms with van der Waals surface area (Å²) >= 11 is 6.12. The van der Waals surface area contributed by atoms with E-state index >= 15 is 0 Å². The smallest absolute Gasteiger partial charge is 0.267 e. The summed E-state index contributed by atoms with van der Waals surface area (Å²) in [6.45, 7) is 4.94. The number of aromatic nitrogens is 2. The summed E-state index contributed by atoms with van der Waals surface area (Å²) in [5.74, 6) is 0.00706. The molecule has 0 radical (unpaired) electrons. The number of rotatable bonds is 3. The molecule has 1 aromatic rings. The Hall–Kier alpha value is -1.12. The van der Waals surface area contributed by atoms with E-state index in [1.165, 1.54) is 6.20 Å². The van der Waals surface area contributed by atoms with Crippen molar-refractivity contribution in [3.63, 3.8) is 0 Å². The van der Waals surface area contributed by atoms with Crippen LogP contribution in [0.3, 0.4) is 0 Å². The summed E-state index contributed by atoms with van der Waals surface area (Å²) < 4.78 is 3.70. The minimum absolute atomic E-state index is 0.00706. The second-order valence-electron chi connectivity index (χ2n) is 4.19. The van der Waals surface area contributed by atoms with Gasteiger partial charge in [0.15, 0.2) is 0 Å². The number of hydrogen-bond acceptors (Lipinski definition) is 6. The van der Waals surface area contributed by atoms with Crippen LogP contribution in [0.2, 0.25) is 0 Å². The minimum atomic E-state index is 0.00706. The highest BCUT2D eigenvalue weighted by atomic mass is 32.1. The lowest BCUT2D eigenvalue weighted by Gasteiger charge is -2.37. The summed E-state index contributed by atoms with van der Waals surface area (Å²) in [5, 5.41) is 3.68. The number of amides is 1. The summed E-state index contributed by atoms with van der Waals surface area (Å²) in [6.07, 6.45) is 1.51. The van der Waals surface area contributed by atoms with Gasteiger partial charge in [-0.3, -0.25) is 9.69 Å². The fraction of sp³-hybridized carbons (Fsp3) is 0.600. The Balaban J connectivity index is 1.91. The molecule has 1 unspecified atom stereocenters. The Kier molecular flexibility index (Phi) is 4.20. The molecule has 1 aliphatic heterocycles. The third-order valence-electron chi connectivity index (χ3n) is 3.13. The minimum Gasteiger partial charge on any atom is -0.392 e. The molecule has 1 aliphatic rings. The summed E-state index contributed by atoms with van der Waals surface area (Å²) in [6, 6.07) is 0.0855. The third kappa shape index (κ3) is 2.82. The van der Waals surface area contributed by atoms with Crippen molar-refractivity contribution in [2.75, 3.05) is 26.2 Å². The second-order valence-corrected chi connectivity index (χ2v) is 5.45. The highest BCUT2D eigenvalue weighted by Gasteiger charge is 2.26. The zero-order valence-corrected chi connectivity index (χ0v) is 11.7. The molecule has 98 valence electrons. The molecule has 18 heavy (non-hydrogen) atoms. The van der Waals surface area contributed by atoms with Crippen LogP contribution in [0.1, 0.15) is 16.6 Å². The van der Waals surface area contributed by atoms with E-state index in [9.17, 15) is 4.79 Å². The van der Waals surface area contributed by atoms with Gasteiger partial charge in [-0.15, -0.1) is 5.10 Å². The molecule has 2 rings (SSSR count). The van der Waals surface area contributed by atoms with E-state index in [4.69, 9.17) is 18.0 Å². The summed E-state index contributed by atoms with van der Waals surface area (Å²) in [5.41, 5.74) is 5.63. The van der Waals surface area contributed by atoms with Gasteiger partial charge in [-0.05, 0) is 18.5 Å². The van der Waals surface area contributed by atoms with Crippen molar-refractivity contribution in [1.82, 2.24) is 19.4 Å². The Morgan fingerprint density at radius 3 is 2.67 bits per heavy atom. The highest BCUT2D eigenvalue weighted by molar-refractivity contribution is 7.80. The Morgan fingerprint density at radius 2 is 2.17 bits per heavy atom. The van der Waals surface area contributed by atoms with E-state index in [1.807, 2.05) is 11.8 Å². The van der Waals surface area contributed by atoms with Crippen molar-refractivity contribution < 1.29 is 4.79 Å². The van der Waals surface area contributed by atoms with E-state index < -0.39 is 0 Å². The first-order valence-corrected chi connectivity index (χ1v) is 6.87. The second kappa shape index (κ2) is 5.68. The van der Waals surface area contributed by atoms with Crippen LogP contribution in [0.5, 0.6) is 0 Å². The molecule has 0 spiro atoms. The molecule has 0 aliphatic carbocycles. The fourth-order valence-electron chi connectivity index (χ4n) is 1.91. The first-order valence-electron chi connectivity index (χ1n) is 5.69. The Bertz CT molecular complexity index is 427. The third-order valence-corrected chi connectivity index (χ3v) is 4.13. The van der Waals surface area contributed by atoms with Gasteiger partial charge in [-0.1, -0.05) is 16.7 Å². The van der Waals surface area contributed by atoms with Gasteiger partial charge < -0.3 is 10.6 Å². The molecule has 1 aromatic heterocycles. The molecule has 1 saturated heterocycles. The van der Waals surface area contributed by atoms with Crippen LogP contribution >= 0.6 is 23.8 Å². The standard InChI is InChI=1S/C10H15N5OS2/c1-7(9(11)17)14-2-4-15(5-3-14)10(16)8-6-12-13-18-8/h6-7H,2-5H2,1H3,(H2,11,17). The van der Waals surface area contributed by atoms with Gasteiger partial charge in [0, 0.05) is 26.2 Å². The van der Waals surface area contributed by atoms with E-state index in [0.29, 0.717) is 23.0 Å². The molecular formula is C10H15N5OS2. The first-order chi connectivity index (χ1) is 8.59. The Labute approximate surface area is 115 Å². The molecular weight excluding hydrogens is 270 g/mol. The van der Waals surface area contributed by atoms with Crippen LogP contribution in [-0.2, 0) is 0 Å². The zero-order chi connectivity index (χ0) is 13.1. The van der Waals surface area contributed by atoms with Gasteiger partial charge >= 0.3 is 0 Å². The van der Waals surface area contributed by atoms with E-state index in [1.54, 1.807) is 0 Å². The molecule has 8 heteroatoms. The molecule has 0 bridgehead atoms. The van der Waals surface area contributed by atoms with Crippen molar-refractivity contribution >= 4 is 34.6 Å². The van der Waals surface area contributed by atoms with Crippen LogP contribution in [-0.4, -0.2) is 62.5 Å². The first kappa shape index (κ1) is 13.3. The SMILES string of the molecule is CC(C(N)=S)N1CCN(C(=O)c2cnns2)CC1. The molecule has 1 atom stereocenters. The lowest BCUT2D eigenvalue weighted by Crippen LogP contribution is -2.53. The van der Waals surface area contributed by atoms with Crippen molar-refractivity contribution in [1.29, 1.82) is 0 Å². The maximum Gasteiger partial charge on any atom is 0.267 e. The van der Waals surface area contributed by atoms with E-state index in [-0.39, 0.29) is 11.9 Å². The van der Waals surface area contributed by atoms with Crippen LogP contribution in [0.4, 0.5) is 0 Å². The average molecular weight is 285 g/mol. The average Bonchev–Trinajstić information content (AvgIpc) is 2.91. The van der Waals surface area contributed by atoms with Gasteiger partial charge in [-0.2, -0.15) is 0 Å². The van der Waals surface area contributed by atoms with Crippen molar-refractivity contribution in [3.8, 4) is 0 Å². The molecule has 2 N–H and O–H groups in total. The maximum absolute atomic E-state index is 12.1. The molecule has 2 heterocycles. The van der Waals surface area contributed by atoms with Gasteiger partial charge in [0.1, 0.15) is 4.88 Å². The predicted molar refractivity (Wildman–Crippen MR) is 73.6 cm³/mol. The van der Waals surface area contributed by atoms with E-state index in [0.717, 1.165) is 24.6 Å². The topological polar surface area (TPSA) is 75.3 Å². The summed E-state index contributed by atoms with van der Waals surface area (Å²) in [4.78, 5) is 17.2. The quantitative estimate of drug-likeness (QED) is 0.786. The molecule has 0 saturated carbocycles. The number of hydrogen-bond donors (Lipinski definition) is 1. The monoisotopic (exact) mass is 285 g/mol. The zero-order valence-electron chi connectivity index (χ0n) is 10.1. The summed E-state index contributed by atoms with van der Waals surface area (Å²) in [7, 11) is 0. The number of nitrogens with zero attached hydrogens (tertiary/aromatic N) is 4.